The van der Waals surface area contributed by atoms with Gasteiger partial charge >= 0.3 is 0 Å². The van der Waals surface area contributed by atoms with E-state index in [9.17, 15) is 13.2 Å². The van der Waals surface area contributed by atoms with Crippen LogP contribution in [0.15, 0.2) is 23.1 Å². The molecular formula is C12H14ClNO4S. The summed E-state index contributed by atoms with van der Waals surface area (Å²) in [5.74, 6) is 0.320. The van der Waals surface area contributed by atoms with Gasteiger partial charge in [0.25, 0.3) is 9.05 Å². The summed E-state index contributed by atoms with van der Waals surface area (Å²) in [6.45, 7) is 3.78. The van der Waals surface area contributed by atoms with Crippen LogP contribution >= 0.6 is 10.7 Å². The molecule has 1 amide bonds. The highest BCUT2D eigenvalue weighted by Gasteiger charge is 2.36. The zero-order chi connectivity index (χ0) is 14.4. The Morgan fingerprint density at radius 3 is 2.58 bits per heavy atom. The molecule has 19 heavy (non-hydrogen) atoms. The van der Waals surface area contributed by atoms with Crippen LogP contribution in [0.2, 0.25) is 0 Å². The highest BCUT2D eigenvalue weighted by molar-refractivity contribution is 8.13. The van der Waals surface area contributed by atoms with E-state index < -0.39 is 14.5 Å². The van der Waals surface area contributed by atoms with Gasteiger partial charge in [0, 0.05) is 17.7 Å². The molecule has 1 heterocycles. The standard InChI is InChI=1S/C12H14ClNO4S/c1-12(2)7-18-10-5-4-8(19(13,16)17)6-9(10)14(3)11(12)15/h4-6H,7H2,1-3H3. The molecule has 0 unspecified atom stereocenters. The number of carbonyl (C=O) groups excluding carboxylic acids is 1. The van der Waals surface area contributed by atoms with Crippen molar-refractivity contribution in [3.8, 4) is 5.75 Å². The maximum atomic E-state index is 12.3. The normalized spacial score (nSPS) is 18.5. The second-order valence-corrected chi connectivity index (χ2v) is 7.67. The average Bonchev–Trinajstić information content (AvgIpc) is 2.40. The molecule has 0 spiro atoms. The summed E-state index contributed by atoms with van der Waals surface area (Å²) in [6, 6.07) is 4.21. The second kappa shape index (κ2) is 4.38. The Morgan fingerprint density at radius 2 is 2.00 bits per heavy atom. The molecule has 0 bridgehead atoms. The van der Waals surface area contributed by atoms with Gasteiger partial charge in [0.2, 0.25) is 5.91 Å². The van der Waals surface area contributed by atoms with Crippen LogP contribution in [-0.2, 0) is 13.8 Å². The van der Waals surface area contributed by atoms with Crippen LogP contribution in [0.25, 0.3) is 0 Å². The molecule has 0 radical (unpaired) electrons. The van der Waals surface area contributed by atoms with E-state index >= 15 is 0 Å². The zero-order valence-corrected chi connectivity index (χ0v) is 12.4. The van der Waals surface area contributed by atoms with Gasteiger partial charge in [-0.2, -0.15) is 0 Å². The fraction of sp³-hybridized carbons (Fsp3) is 0.417. The largest absolute Gasteiger partial charge is 0.490 e. The van der Waals surface area contributed by atoms with Crippen LogP contribution in [-0.4, -0.2) is 28.0 Å². The quantitative estimate of drug-likeness (QED) is 0.744. The number of ether oxygens (including phenoxy) is 1. The van der Waals surface area contributed by atoms with Crippen molar-refractivity contribution in [3.05, 3.63) is 18.2 Å². The zero-order valence-electron chi connectivity index (χ0n) is 10.8. The van der Waals surface area contributed by atoms with E-state index in [0.717, 1.165) is 0 Å². The predicted molar refractivity (Wildman–Crippen MR) is 72.2 cm³/mol. The Bertz CT molecular complexity index is 639. The summed E-state index contributed by atoms with van der Waals surface area (Å²) in [4.78, 5) is 13.6. The Kier molecular flexibility index (Phi) is 3.26. The number of hydrogen-bond donors (Lipinski definition) is 0. The number of amides is 1. The van der Waals surface area contributed by atoms with Crippen LogP contribution in [0.1, 0.15) is 13.8 Å². The molecule has 7 heteroatoms. The van der Waals surface area contributed by atoms with Crippen molar-refractivity contribution in [2.24, 2.45) is 5.41 Å². The van der Waals surface area contributed by atoms with Gasteiger partial charge < -0.3 is 9.64 Å². The molecule has 0 atom stereocenters. The number of carbonyl (C=O) groups is 1. The lowest BCUT2D eigenvalue weighted by Crippen LogP contribution is -2.39. The minimum atomic E-state index is -3.84. The van der Waals surface area contributed by atoms with E-state index in [1.54, 1.807) is 20.9 Å². The van der Waals surface area contributed by atoms with Crippen LogP contribution in [0.5, 0.6) is 5.75 Å². The van der Waals surface area contributed by atoms with Gasteiger partial charge in [-0.3, -0.25) is 4.79 Å². The number of anilines is 1. The van der Waals surface area contributed by atoms with Crippen LogP contribution < -0.4 is 9.64 Å². The molecule has 1 aromatic rings. The highest BCUT2D eigenvalue weighted by atomic mass is 35.7. The second-order valence-electron chi connectivity index (χ2n) is 5.10. The number of rotatable bonds is 1. The Balaban J connectivity index is 2.58. The third kappa shape index (κ3) is 2.55. The van der Waals surface area contributed by atoms with Crippen molar-refractivity contribution in [2.45, 2.75) is 18.7 Å². The highest BCUT2D eigenvalue weighted by Crippen LogP contribution is 2.37. The van der Waals surface area contributed by atoms with E-state index in [4.69, 9.17) is 15.4 Å². The first kappa shape index (κ1) is 14.1. The molecule has 0 saturated heterocycles. The van der Waals surface area contributed by atoms with E-state index in [1.165, 1.54) is 23.1 Å². The van der Waals surface area contributed by atoms with E-state index in [-0.39, 0.29) is 17.4 Å². The first-order valence-corrected chi connectivity index (χ1v) is 7.93. The summed E-state index contributed by atoms with van der Waals surface area (Å²) in [5, 5.41) is 0. The number of nitrogens with zero attached hydrogens (tertiary/aromatic N) is 1. The minimum Gasteiger partial charge on any atom is -0.490 e. The Labute approximate surface area is 116 Å². The van der Waals surface area contributed by atoms with Crippen LogP contribution in [0, 0.1) is 5.41 Å². The molecule has 1 aliphatic heterocycles. The summed E-state index contributed by atoms with van der Waals surface area (Å²) in [7, 11) is 3.06. The van der Waals surface area contributed by atoms with Crippen molar-refractivity contribution in [3.63, 3.8) is 0 Å². The molecule has 2 rings (SSSR count). The first-order chi connectivity index (χ1) is 8.63. The predicted octanol–water partition coefficient (Wildman–Crippen LogP) is 2.00. The SMILES string of the molecule is CN1C(=O)C(C)(C)COc2ccc(S(=O)(=O)Cl)cc21. The molecule has 0 fully saturated rings. The van der Waals surface area contributed by atoms with Gasteiger partial charge in [0.1, 0.15) is 12.4 Å². The lowest BCUT2D eigenvalue weighted by molar-refractivity contribution is -0.127. The molecule has 5 nitrogen and oxygen atoms in total. The summed E-state index contributed by atoms with van der Waals surface area (Å²) < 4.78 is 28.3. The van der Waals surface area contributed by atoms with Crippen molar-refractivity contribution >= 4 is 31.3 Å². The molecular weight excluding hydrogens is 290 g/mol. The van der Waals surface area contributed by atoms with Gasteiger partial charge in [-0.15, -0.1) is 0 Å². The monoisotopic (exact) mass is 303 g/mol. The molecule has 0 aliphatic carbocycles. The van der Waals surface area contributed by atoms with Crippen molar-refractivity contribution < 1.29 is 17.9 Å². The number of halogens is 1. The van der Waals surface area contributed by atoms with Crippen molar-refractivity contribution in [1.82, 2.24) is 0 Å². The fourth-order valence-electron chi connectivity index (χ4n) is 1.92. The van der Waals surface area contributed by atoms with E-state index in [2.05, 4.69) is 0 Å². The lowest BCUT2D eigenvalue weighted by Gasteiger charge is -2.24. The smallest absolute Gasteiger partial charge is 0.261 e. The molecule has 0 saturated carbocycles. The Morgan fingerprint density at radius 1 is 1.37 bits per heavy atom. The lowest BCUT2D eigenvalue weighted by atomic mass is 9.93. The number of fused-ring (bicyclic) bond motifs is 1. The molecule has 104 valence electrons. The molecule has 1 aromatic carbocycles. The summed E-state index contributed by atoms with van der Waals surface area (Å²) in [5.41, 5.74) is -0.273. The third-order valence-electron chi connectivity index (χ3n) is 3.05. The molecule has 1 aliphatic rings. The van der Waals surface area contributed by atoms with Gasteiger partial charge in [-0.25, -0.2) is 8.42 Å². The van der Waals surface area contributed by atoms with Gasteiger partial charge in [0.05, 0.1) is 16.0 Å². The summed E-state index contributed by atoms with van der Waals surface area (Å²) in [6.07, 6.45) is 0. The van der Waals surface area contributed by atoms with Crippen LogP contribution in [0.3, 0.4) is 0 Å². The molecule has 0 N–H and O–H groups in total. The van der Waals surface area contributed by atoms with Crippen molar-refractivity contribution in [2.75, 3.05) is 18.6 Å². The maximum absolute atomic E-state index is 12.3. The molecule has 0 aromatic heterocycles. The Hall–Kier alpha value is -1.27. The summed E-state index contributed by atoms with van der Waals surface area (Å²) >= 11 is 0. The van der Waals surface area contributed by atoms with Gasteiger partial charge in [-0.05, 0) is 32.0 Å². The van der Waals surface area contributed by atoms with Crippen LogP contribution in [0.4, 0.5) is 5.69 Å². The van der Waals surface area contributed by atoms with Gasteiger partial charge in [0.15, 0.2) is 0 Å². The topological polar surface area (TPSA) is 63.7 Å². The number of hydrogen-bond acceptors (Lipinski definition) is 4. The average molecular weight is 304 g/mol. The van der Waals surface area contributed by atoms with Crippen molar-refractivity contribution in [1.29, 1.82) is 0 Å². The maximum Gasteiger partial charge on any atom is 0.261 e. The van der Waals surface area contributed by atoms with E-state index in [1.807, 2.05) is 0 Å². The van der Waals surface area contributed by atoms with Gasteiger partial charge in [-0.1, -0.05) is 0 Å². The first-order valence-electron chi connectivity index (χ1n) is 5.62. The third-order valence-corrected chi connectivity index (χ3v) is 4.40. The minimum absolute atomic E-state index is 0.0594. The number of benzene rings is 1. The van der Waals surface area contributed by atoms with E-state index in [0.29, 0.717) is 11.4 Å². The fourth-order valence-corrected chi connectivity index (χ4v) is 2.69.